The van der Waals surface area contributed by atoms with E-state index in [1.807, 2.05) is 13.0 Å². The molecule has 7 heteroatoms. The molecule has 0 aliphatic carbocycles. The number of nitrogens with zero attached hydrogens (tertiary/aromatic N) is 2. The number of methoxy groups -OCH3 is 1. The number of nitrogens with one attached hydrogen (secondary N) is 1. The van der Waals surface area contributed by atoms with E-state index in [-0.39, 0.29) is 29.7 Å². The molecule has 2 rings (SSSR count). The van der Waals surface area contributed by atoms with Gasteiger partial charge in [-0.2, -0.15) is 0 Å². The van der Waals surface area contributed by atoms with Crippen molar-refractivity contribution in [2.45, 2.75) is 26.8 Å². The van der Waals surface area contributed by atoms with E-state index in [2.05, 4.69) is 17.1 Å². The van der Waals surface area contributed by atoms with Crippen molar-refractivity contribution in [3.05, 3.63) is 23.8 Å². The molecule has 25 heavy (non-hydrogen) atoms. The van der Waals surface area contributed by atoms with Gasteiger partial charge in [-0.05, 0) is 38.0 Å². The summed E-state index contributed by atoms with van der Waals surface area (Å²) in [6.45, 7) is 9.01. The number of guanidine groups is 1. The first-order chi connectivity index (χ1) is 11.7. The third kappa shape index (κ3) is 6.54. The lowest BCUT2D eigenvalue weighted by Gasteiger charge is -2.21. The summed E-state index contributed by atoms with van der Waals surface area (Å²) in [4.78, 5) is 7.00. The van der Waals surface area contributed by atoms with Crippen molar-refractivity contribution < 1.29 is 14.6 Å². The number of ether oxygens (including phenoxy) is 2. The van der Waals surface area contributed by atoms with Gasteiger partial charge in [0.25, 0.3) is 0 Å². The Morgan fingerprint density at radius 1 is 1.40 bits per heavy atom. The van der Waals surface area contributed by atoms with Crippen LogP contribution in [0.3, 0.4) is 0 Å². The van der Waals surface area contributed by atoms with Crippen molar-refractivity contribution in [3.63, 3.8) is 0 Å². The van der Waals surface area contributed by atoms with Gasteiger partial charge in [-0.1, -0.05) is 6.07 Å². The SMILES string of the molecule is CCNC(=NCc1ccc(OC)c(O)c1)N1CCC(COCC)C1.I. The summed E-state index contributed by atoms with van der Waals surface area (Å²) in [5.41, 5.74) is 0.953. The van der Waals surface area contributed by atoms with E-state index in [0.717, 1.165) is 50.8 Å². The van der Waals surface area contributed by atoms with Gasteiger partial charge in [-0.3, -0.25) is 0 Å². The molecule has 0 bridgehead atoms. The van der Waals surface area contributed by atoms with E-state index in [4.69, 9.17) is 14.5 Å². The second-order valence-electron chi connectivity index (χ2n) is 5.94. The van der Waals surface area contributed by atoms with Gasteiger partial charge in [0, 0.05) is 32.2 Å². The third-order valence-electron chi connectivity index (χ3n) is 4.13. The van der Waals surface area contributed by atoms with E-state index in [1.165, 1.54) is 0 Å². The Kier molecular flexibility index (Phi) is 9.96. The van der Waals surface area contributed by atoms with Crippen molar-refractivity contribution in [2.24, 2.45) is 10.9 Å². The number of phenolic OH excluding ortho intramolecular Hbond substituents is 1. The maximum atomic E-state index is 9.88. The van der Waals surface area contributed by atoms with E-state index >= 15 is 0 Å². The molecule has 1 saturated heterocycles. The van der Waals surface area contributed by atoms with Crippen LogP contribution in [0.5, 0.6) is 11.5 Å². The molecule has 2 N–H and O–H groups in total. The number of hydrogen-bond donors (Lipinski definition) is 2. The fraction of sp³-hybridized carbons (Fsp3) is 0.611. The van der Waals surface area contributed by atoms with Crippen LogP contribution in [0.1, 0.15) is 25.8 Å². The molecule has 1 aliphatic heterocycles. The van der Waals surface area contributed by atoms with Gasteiger partial charge in [-0.15, -0.1) is 24.0 Å². The summed E-state index contributed by atoms with van der Waals surface area (Å²) in [7, 11) is 1.54. The van der Waals surface area contributed by atoms with Gasteiger partial charge >= 0.3 is 0 Å². The van der Waals surface area contributed by atoms with Crippen molar-refractivity contribution in [3.8, 4) is 11.5 Å². The Bertz CT molecular complexity index is 554. The molecule has 1 aromatic rings. The van der Waals surface area contributed by atoms with E-state index in [1.54, 1.807) is 19.2 Å². The van der Waals surface area contributed by atoms with Crippen molar-refractivity contribution in [1.82, 2.24) is 10.2 Å². The Morgan fingerprint density at radius 2 is 2.20 bits per heavy atom. The molecular formula is C18H30IN3O3. The van der Waals surface area contributed by atoms with Crippen LogP contribution in [-0.2, 0) is 11.3 Å². The zero-order valence-electron chi connectivity index (χ0n) is 15.3. The molecule has 6 nitrogen and oxygen atoms in total. The number of halogens is 1. The number of phenols is 1. The number of aliphatic imine (C=N–C) groups is 1. The van der Waals surface area contributed by atoms with Crippen LogP contribution >= 0.6 is 24.0 Å². The summed E-state index contributed by atoms with van der Waals surface area (Å²) < 4.78 is 10.6. The van der Waals surface area contributed by atoms with Crippen LogP contribution in [0.4, 0.5) is 0 Å². The second-order valence-corrected chi connectivity index (χ2v) is 5.94. The molecule has 0 aromatic heterocycles. The summed E-state index contributed by atoms with van der Waals surface area (Å²) in [6, 6.07) is 5.39. The maximum Gasteiger partial charge on any atom is 0.194 e. The molecule has 1 fully saturated rings. The highest BCUT2D eigenvalue weighted by Gasteiger charge is 2.24. The molecular weight excluding hydrogens is 433 g/mol. The highest BCUT2D eigenvalue weighted by molar-refractivity contribution is 14.0. The Morgan fingerprint density at radius 3 is 2.84 bits per heavy atom. The van der Waals surface area contributed by atoms with Crippen LogP contribution < -0.4 is 10.1 Å². The van der Waals surface area contributed by atoms with Crippen molar-refractivity contribution in [1.29, 1.82) is 0 Å². The van der Waals surface area contributed by atoms with Gasteiger partial charge in [-0.25, -0.2) is 4.99 Å². The van der Waals surface area contributed by atoms with Crippen LogP contribution in [0.2, 0.25) is 0 Å². The van der Waals surface area contributed by atoms with E-state index in [0.29, 0.717) is 18.2 Å². The zero-order valence-corrected chi connectivity index (χ0v) is 17.7. The number of hydrogen-bond acceptors (Lipinski definition) is 4. The number of likely N-dealkylation sites (tertiary alicyclic amines) is 1. The Hall–Kier alpha value is -1.22. The first kappa shape index (κ1) is 21.8. The zero-order chi connectivity index (χ0) is 17.4. The van der Waals surface area contributed by atoms with Crippen LogP contribution in [-0.4, -0.2) is 55.9 Å². The average Bonchev–Trinajstić information content (AvgIpc) is 3.05. The van der Waals surface area contributed by atoms with Crippen LogP contribution in [0.15, 0.2) is 23.2 Å². The molecule has 0 spiro atoms. The molecule has 1 heterocycles. The minimum atomic E-state index is 0. The summed E-state index contributed by atoms with van der Waals surface area (Å²) >= 11 is 0. The highest BCUT2D eigenvalue weighted by Crippen LogP contribution is 2.26. The van der Waals surface area contributed by atoms with Crippen LogP contribution in [0, 0.1) is 5.92 Å². The smallest absolute Gasteiger partial charge is 0.194 e. The predicted molar refractivity (Wildman–Crippen MR) is 111 cm³/mol. The van der Waals surface area contributed by atoms with E-state index < -0.39 is 0 Å². The molecule has 1 atom stereocenters. The third-order valence-corrected chi connectivity index (χ3v) is 4.13. The summed E-state index contributed by atoms with van der Waals surface area (Å²) in [5.74, 6) is 2.12. The molecule has 142 valence electrons. The lowest BCUT2D eigenvalue weighted by molar-refractivity contribution is 0.114. The monoisotopic (exact) mass is 463 g/mol. The lowest BCUT2D eigenvalue weighted by Crippen LogP contribution is -2.40. The fourth-order valence-electron chi connectivity index (χ4n) is 2.87. The summed E-state index contributed by atoms with van der Waals surface area (Å²) in [5, 5.41) is 13.2. The van der Waals surface area contributed by atoms with E-state index in [9.17, 15) is 5.11 Å². The van der Waals surface area contributed by atoms with Gasteiger partial charge in [0.2, 0.25) is 0 Å². The average molecular weight is 463 g/mol. The molecule has 0 amide bonds. The number of aromatic hydroxyl groups is 1. The maximum absolute atomic E-state index is 9.88. The first-order valence-corrected chi connectivity index (χ1v) is 8.64. The lowest BCUT2D eigenvalue weighted by atomic mass is 10.1. The van der Waals surface area contributed by atoms with Gasteiger partial charge in [0.1, 0.15) is 0 Å². The normalized spacial score (nSPS) is 17.3. The predicted octanol–water partition coefficient (Wildman–Crippen LogP) is 2.84. The van der Waals surface area contributed by atoms with Crippen molar-refractivity contribution in [2.75, 3.05) is 40.0 Å². The molecule has 1 aliphatic rings. The van der Waals surface area contributed by atoms with Crippen molar-refractivity contribution >= 4 is 29.9 Å². The number of rotatable bonds is 7. The molecule has 1 unspecified atom stereocenters. The Balaban J connectivity index is 0.00000312. The van der Waals surface area contributed by atoms with Crippen LogP contribution in [0.25, 0.3) is 0 Å². The van der Waals surface area contributed by atoms with Gasteiger partial charge in [0.05, 0.1) is 20.3 Å². The highest BCUT2D eigenvalue weighted by atomic mass is 127. The minimum Gasteiger partial charge on any atom is -0.504 e. The quantitative estimate of drug-likeness (QED) is 0.370. The molecule has 0 saturated carbocycles. The van der Waals surface area contributed by atoms with Gasteiger partial charge < -0.3 is 24.8 Å². The molecule has 1 aromatic carbocycles. The van der Waals surface area contributed by atoms with Gasteiger partial charge in [0.15, 0.2) is 17.5 Å². The first-order valence-electron chi connectivity index (χ1n) is 8.64. The summed E-state index contributed by atoms with van der Waals surface area (Å²) in [6.07, 6.45) is 1.13. The Labute approximate surface area is 167 Å². The standard InChI is InChI=1S/C18H29N3O3.HI/c1-4-19-18(21-9-8-15(12-21)13-24-5-2)20-11-14-6-7-17(23-3)16(22)10-14;/h6-7,10,15,22H,4-5,8-9,11-13H2,1-3H3,(H,19,20);1H. The minimum absolute atomic E-state index is 0. The number of benzene rings is 1. The second kappa shape index (κ2) is 11.4. The fourth-order valence-corrected chi connectivity index (χ4v) is 2.87. The molecule has 0 radical (unpaired) electrons. The topological polar surface area (TPSA) is 66.3 Å². The largest absolute Gasteiger partial charge is 0.504 e.